The molecule has 0 bridgehead atoms. The van der Waals surface area contributed by atoms with Crippen molar-refractivity contribution in [3.05, 3.63) is 34.7 Å². The van der Waals surface area contributed by atoms with Gasteiger partial charge in [0.1, 0.15) is 11.3 Å². The molecular formula is C15H20ClN3O2. The normalized spacial score (nSPS) is 11.0. The number of nitrogens with one attached hydrogen (secondary N) is 1. The van der Waals surface area contributed by atoms with Crippen LogP contribution < -0.4 is 5.32 Å². The number of amides is 1. The third kappa shape index (κ3) is 3.74. The second-order valence-electron chi connectivity index (χ2n) is 4.64. The van der Waals surface area contributed by atoms with Gasteiger partial charge in [0.25, 0.3) is 5.91 Å². The van der Waals surface area contributed by atoms with Crippen molar-refractivity contribution < 1.29 is 9.53 Å². The Morgan fingerprint density at radius 2 is 2.24 bits per heavy atom. The van der Waals surface area contributed by atoms with Gasteiger partial charge in [-0.3, -0.25) is 9.20 Å². The molecule has 2 heterocycles. The molecule has 0 unspecified atom stereocenters. The molecule has 6 heteroatoms. The van der Waals surface area contributed by atoms with E-state index in [9.17, 15) is 4.79 Å². The van der Waals surface area contributed by atoms with E-state index in [0.29, 0.717) is 36.9 Å². The smallest absolute Gasteiger partial charge is 0.270 e. The average Bonchev–Trinajstić information content (AvgIpc) is 2.84. The number of hydrogen-bond acceptors (Lipinski definition) is 3. The first-order valence-electron chi connectivity index (χ1n) is 7.19. The molecule has 0 aliphatic rings. The Morgan fingerprint density at radius 3 is 2.95 bits per heavy atom. The molecular weight excluding hydrogens is 290 g/mol. The van der Waals surface area contributed by atoms with Crippen LogP contribution in [-0.4, -0.2) is 35.1 Å². The number of rotatable bonds is 7. The van der Waals surface area contributed by atoms with Gasteiger partial charge in [0.2, 0.25) is 0 Å². The minimum atomic E-state index is -0.127. The van der Waals surface area contributed by atoms with E-state index >= 15 is 0 Å². The molecule has 114 valence electrons. The van der Waals surface area contributed by atoms with Gasteiger partial charge in [0.15, 0.2) is 0 Å². The predicted octanol–water partition coefficient (Wildman–Crippen LogP) is 2.71. The lowest BCUT2D eigenvalue weighted by Crippen LogP contribution is -2.27. The summed E-state index contributed by atoms with van der Waals surface area (Å²) < 4.78 is 7.00. The molecule has 0 aliphatic heterocycles. The maximum absolute atomic E-state index is 12.4. The fourth-order valence-corrected chi connectivity index (χ4v) is 2.32. The highest BCUT2D eigenvalue weighted by atomic mass is 35.5. The van der Waals surface area contributed by atoms with Crippen molar-refractivity contribution >= 4 is 23.2 Å². The van der Waals surface area contributed by atoms with Crippen LogP contribution in [0.25, 0.3) is 5.65 Å². The summed E-state index contributed by atoms with van der Waals surface area (Å²) in [4.78, 5) is 16.9. The topological polar surface area (TPSA) is 55.6 Å². The fraction of sp³-hybridized carbons (Fsp3) is 0.467. The van der Waals surface area contributed by atoms with E-state index in [4.69, 9.17) is 16.3 Å². The number of hydrogen-bond donors (Lipinski definition) is 1. The summed E-state index contributed by atoms with van der Waals surface area (Å²) in [6, 6.07) is 3.58. The summed E-state index contributed by atoms with van der Waals surface area (Å²) in [5.41, 5.74) is 2.07. The van der Waals surface area contributed by atoms with Crippen LogP contribution in [0.2, 0.25) is 5.02 Å². The zero-order valence-electron chi connectivity index (χ0n) is 12.4. The lowest BCUT2D eigenvalue weighted by molar-refractivity contribution is 0.0937. The highest BCUT2D eigenvalue weighted by molar-refractivity contribution is 6.30. The van der Waals surface area contributed by atoms with Crippen molar-refractivity contribution in [2.75, 3.05) is 19.8 Å². The Hall–Kier alpha value is -1.59. The van der Waals surface area contributed by atoms with Gasteiger partial charge < -0.3 is 10.1 Å². The van der Waals surface area contributed by atoms with Crippen molar-refractivity contribution in [2.24, 2.45) is 0 Å². The Bertz CT molecular complexity index is 625. The molecule has 1 N–H and O–H groups in total. The monoisotopic (exact) mass is 309 g/mol. The number of carbonyl (C=O) groups excluding carboxylic acids is 1. The van der Waals surface area contributed by atoms with Crippen molar-refractivity contribution in [1.82, 2.24) is 14.7 Å². The average molecular weight is 310 g/mol. The lowest BCUT2D eigenvalue weighted by Gasteiger charge is -2.07. The predicted molar refractivity (Wildman–Crippen MR) is 83.0 cm³/mol. The minimum absolute atomic E-state index is 0.127. The van der Waals surface area contributed by atoms with Crippen molar-refractivity contribution in [3.8, 4) is 0 Å². The van der Waals surface area contributed by atoms with Crippen LogP contribution in [0.4, 0.5) is 0 Å². The number of carbonyl (C=O) groups is 1. The van der Waals surface area contributed by atoms with Crippen molar-refractivity contribution in [3.63, 3.8) is 0 Å². The molecule has 21 heavy (non-hydrogen) atoms. The van der Waals surface area contributed by atoms with Gasteiger partial charge in [-0.2, -0.15) is 0 Å². The van der Waals surface area contributed by atoms with Crippen LogP contribution in [-0.2, 0) is 11.2 Å². The number of aryl methyl sites for hydroxylation is 1. The molecule has 2 aromatic rings. The lowest BCUT2D eigenvalue weighted by atomic mass is 10.2. The number of aromatic nitrogens is 2. The van der Waals surface area contributed by atoms with Crippen LogP contribution in [0.1, 0.15) is 36.5 Å². The number of halogens is 1. The van der Waals surface area contributed by atoms with Gasteiger partial charge in [0.05, 0.1) is 10.7 Å². The summed E-state index contributed by atoms with van der Waals surface area (Å²) in [5.74, 6) is -0.127. The van der Waals surface area contributed by atoms with Gasteiger partial charge >= 0.3 is 0 Å². The first kappa shape index (κ1) is 15.8. The number of fused-ring (bicyclic) bond motifs is 1. The summed E-state index contributed by atoms with van der Waals surface area (Å²) >= 11 is 6.01. The van der Waals surface area contributed by atoms with Gasteiger partial charge in [-0.15, -0.1) is 0 Å². The second kappa shape index (κ2) is 7.43. The van der Waals surface area contributed by atoms with Crippen LogP contribution in [0.3, 0.4) is 0 Å². The third-order valence-corrected chi connectivity index (χ3v) is 3.38. The number of nitrogens with zero attached hydrogens (tertiary/aromatic N) is 2. The molecule has 0 aliphatic carbocycles. The molecule has 2 rings (SSSR count). The van der Waals surface area contributed by atoms with Crippen LogP contribution >= 0.6 is 11.6 Å². The molecule has 0 atom stereocenters. The van der Waals surface area contributed by atoms with Gasteiger partial charge in [-0.25, -0.2) is 4.98 Å². The maximum Gasteiger partial charge on any atom is 0.270 e. The standard InChI is InChI=1S/C15H20ClN3O2/c1-3-12-14(15(20)17-8-5-9-21-4-2)19-10-11(16)6-7-13(19)18-12/h6-7,10H,3-5,8-9H2,1-2H3,(H,17,20). The number of imidazole rings is 1. The van der Waals surface area contributed by atoms with E-state index in [1.165, 1.54) is 0 Å². The van der Waals surface area contributed by atoms with Gasteiger partial charge in [-0.05, 0) is 31.9 Å². The molecule has 0 saturated carbocycles. The van der Waals surface area contributed by atoms with Gasteiger partial charge in [0, 0.05) is 26.0 Å². The zero-order valence-corrected chi connectivity index (χ0v) is 13.1. The largest absolute Gasteiger partial charge is 0.382 e. The number of ether oxygens (including phenoxy) is 1. The van der Waals surface area contributed by atoms with Crippen LogP contribution in [0.5, 0.6) is 0 Å². The van der Waals surface area contributed by atoms with E-state index in [-0.39, 0.29) is 5.91 Å². The summed E-state index contributed by atoms with van der Waals surface area (Å²) in [5, 5.41) is 3.48. The third-order valence-electron chi connectivity index (χ3n) is 3.16. The molecule has 0 radical (unpaired) electrons. The maximum atomic E-state index is 12.4. The molecule has 0 fully saturated rings. The summed E-state index contributed by atoms with van der Waals surface area (Å²) in [6.45, 7) is 5.86. The quantitative estimate of drug-likeness (QED) is 0.800. The van der Waals surface area contributed by atoms with Crippen LogP contribution in [0, 0.1) is 0 Å². The molecule has 1 amide bonds. The van der Waals surface area contributed by atoms with E-state index < -0.39 is 0 Å². The van der Waals surface area contributed by atoms with Gasteiger partial charge in [-0.1, -0.05) is 18.5 Å². The number of pyridine rings is 1. The second-order valence-corrected chi connectivity index (χ2v) is 5.08. The minimum Gasteiger partial charge on any atom is -0.382 e. The molecule has 5 nitrogen and oxygen atoms in total. The molecule has 2 aromatic heterocycles. The first-order chi connectivity index (χ1) is 10.2. The summed E-state index contributed by atoms with van der Waals surface area (Å²) in [7, 11) is 0. The van der Waals surface area contributed by atoms with Crippen molar-refractivity contribution in [1.29, 1.82) is 0 Å². The summed E-state index contributed by atoms with van der Waals surface area (Å²) in [6.07, 6.45) is 3.21. The van der Waals surface area contributed by atoms with E-state index in [2.05, 4.69) is 10.3 Å². The van der Waals surface area contributed by atoms with Crippen LogP contribution in [0.15, 0.2) is 18.3 Å². The highest BCUT2D eigenvalue weighted by Gasteiger charge is 2.17. The van der Waals surface area contributed by atoms with E-state index in [0.717, 1.165) is 17.8 Å². The zero-order chi connectivity index (χ0) is 15.2. The van der Waals surface area contributed by atoms with Crippen molar-refractivity contribution in [2.45, 2.75) is 26.7 Å². The molecule has 0 aromatic carbocycles. The Morgan fingerprint density at radius 1 is 1.43 bits per heavy atom. The Kier molecular flexibility index (Phi) is 5.59. The SMILES string of the molecule is CCOCCCNC(=O)c1c(CC)nc2ccc(Cl)cn12. The van der Waals surface area contributed by atoms with E-state index in [1.54, 1.807) is 16.7 Å². The fourth-order valence-electron chi connectivity index (χ4n) is 2.16. The Labute approximate surface area is 129 Å². The van der Waals surface area contributed by atoms with E-state index in [1.807, 2.05) is 19.9 Å². The first-order valence-corrected chi connectivity index (χ1v) is 7.57. The molecule has 0 saturated heterocycles. The molecule has 0 spiro atoms. The highest BCUT2D eigenvalue weighted by Crippen LogP contribution is 2.17. The Balaban J connectivity index is 2.15.